The number of halogens is 1. The van der Waals surface area contributed by atoms with Crippen LogP contribution >= 0.6 is 11.6 Å². The fourth-order valence-corrected chi connectivity index (χ4v) is 2.87. The minimum Gasteiger partial charge on any atom is -0.339 e. The van der Waals surface area contributed by atoms with Gasteiger partial charge in [-0.3, -0.25) is 4.79 Å². The van der Waals surface area contributed by atoms with Gasteiger partial charge in [0.2, 0.25) is 17.6 Å². The fraction of sp³-hybridized carbons (Fsp3) is 0.286. The van der Waals surface area contributed by atoms with E-state index in [1.54, 1.807) is 11.9 Å². The van der Waals surface area contributed by atoms with Gasteiger partial charge >= 0.3 is 0 Å². The number of nitrogens with zero attached hydrogens (tertiary/aromatic N) is 3. The summed E-state index contributed by atoms with van der Waals surface area (Å²) in [6.45, 7) is 4.02. The van der Waals surface area contributed by atoms with Crippen molar-refractivity contribution in [1.29, 1.82) is 0 Å². The van der Waals surface area contributed by atoms with Crippen LogP contribution in [0.25, 0.3) is 11.4 Å². The van der Waals surface area contributed by atoms with Gasteiger partial charge in [0.15, 0.2) is 0 Å². The molecule has 0 saturated heterocycles. The van der Waals surface area contributed by atoms with Crippen LogP contribution in [0.2, 0.25) is 5.02 Å². The number of hydrogen-bond acceptors (Lipinski definition) is 4. The number of benzene rings is 2. The second kappa shape index (κ2) is 8.35. The zero-order chi connectivity index (χ0) is 19.4. The van der Waals surface area contributed by atoms with Crippen molar-refractivity contribution in [3.05, 3.63) is 70.6 Å². The second-order valence-corrected chi connectivity index (χ2v) is 7.05. The highest BCUT2D eigenvalue weighted by molar-refractivity contribution is 6.30. The molecule has 2 aromatic carbocycles. The van der Waals surface area contributed by atoms with Gasteiger partial charge in [0.25, 0.3) is 0 Å². The maximum atomic E-state index is 12.5. The van der Waals surface area contributed by atoms with Gasteiger partial charge in [0.05, 0.1) is 6.04 Å². The van der Waals surface area contributed by atoms with Gasteiger partial charge < -0.3 is 9.42 Å². The number of rotatable bonds is 6. The van der Waals surface area contributed by atoms with E-state index in [1.807, 2.05) is 62.4 Å². The summed E-state index contributed by atoms with van der Waals surface area (Å²) < 4.78 is 5.29. The lowest BCUT2D eigenvalue weighted by Gasteiger charge is -2.25. The quantitative estimate of drug-likeness (QED) is 0.610. The van der Waals surface area contributed by atoms with Gasteiger partial charge in [-0.1, -0.05) is 58.7 Å². The van der Waals surface area contributed by atoms with E-state index in [0.717, 1.165) is 11.1 Å². The smallest absolute Gasteiger partial charge is 0.227 e. The molecular weight excluding hydrogens is 362 g/mol. The van der Waals surface area contributed by atoms with E-state index in [-0.39, 0.29) is 11.9 Å². The maximum Gasteiger partial charge on any atom is 0.227 e. The summed E-state index contributed by atoms with van der Waals surface area (Å²) in [6, 6.07) is 15.4. The third-order valence-electron chi connectivity index (χ3n) is 4.66. The first kappa shape index (κ1) is 19.1. The normalized spacial score (nSPS) is 12.0. The molecule has 0 saturated carbocycles. The topological polar surface area (TPSA) is 59.2 Å². The molecule has 1 aromatic heterocycles. The van der Waals surface area contributed by atoms with E-state index in [9.17, 15) is 4.79 Å². The Morgan fingerprint density at radius 3 is 2.48 bits per heavy atom. The van der Waals surface area contributed by atoms with Crippen molar-refractivity contribution < 1.29 is 9.32 Å². The molecule has 5 nitrogen and oxygen atoms in total. The van der Waals surface area contributed by atoms with Crippen LogP contribution < -0.4 is 0 Å². The molecule has 1 atom stereocenters. The predicted octanol–water partition coefficient (Wildman–Crippen LogP) is 4.85. The molecule has 6 heteroatoms. The molecule has 0 radical (unpaired) electrons. The van der Waals surface area contributed by atoms with E-state index >= 15 is 0 Å². The highest BCUT2D eigenvalue weighted by Crippen LogP contribution is 2.22. The van der Waals surface area contributed by atoms with Gasteiger partial charge in [-0.2, -0.15) is 4.98 Å². The highest BCUT2D eigenvalue weighted by atomic mass is 35.5. The first-order valence-electron chi connectivity index (χ1n) is 8.85. The van der Waals surface area contributed by atoms with Crippen molar-refractivity contribution in [1.82, 2.24) is 15.0 Å². The fourth-order valence-electron chi connectivity index (χ4n) is 2.75. The Labute approximate surface area is 164 Å². The van der Waals surface area contributed by atoms with E-state index in [0.29, 0.717) is 29.6 Å². The first-order valence-corrected chi connectivity index (χ1v) is 9.22. The minimum atomic E-state index is -0.0411. The highest BCUT2D eigenvalue weighted by Gasteiger charge is 2.18. The van der Waals surface area contributed by atoms with Crippen LogP contribution in [0, 0.1) is 6.92 Å². The van der Waals surface area contributed by atoms with Crippen molar-refractivity contribution in [3.8, 4) is 11.4 Å². The average Bonchev–Trinajstić information content (AvgIpc) is 3.15. The molecule has 1 heterocycles. The summed E-state index contributed by atoms with van der Waals surface area (Å²) >= 11 is 5.93. The van der Waals surface area contributed by atoms with Crippen LogP contribution in [0.1, 0.15) is 36.4 Å². The SMILES string of the molecule is Cc1ccc(-c2noc(CCC(=O)N(C)C(C)c3ccc(Cl)cc3)n2)cc1. The van der Waals surface area contributed by atoms with Crippen molar-refractivity contribution in [2.75, 3.05) is 7.05 Å². The Bertz CT molecular complexity index is 904. The van der Waals surface area contributed by atoms with Gasteiger partial charge in [-0.25, -0.2) is 0 Å². The summed E-state index contributed by atoms with van der Waals surface area (Å²) in [5.74, 6) is 1.03. The van der Waals surface area contributed by atoms with E-state index in [1.165, 1.54) is 5.56 Å². The van der Waals surface area contributed by atoms with E-state index in [4.69, 9.17) is 16.1 Å². The predicted molar refractivity (Wildman–Crippen MR) is 105 cm³/mol. The van der Waals surface area contributed by atoms with Crippen LogP contribution in [0.3, 0.4) is 0 Å². The maximum absolute atomic E-state index is 12.5. The number of aryl methyl sites for hydroxylation is 2. The standard InChI is InChI=1S/C21H22ClN3O2/c1-14-4-6-17(7-5-14)21-23-19(27-24-21)12-13-20(26)25(3)15(2)16-8-10-18(22)11-9-16/h4-11,15H,12-13H2,1-3H3. The summed E-state index contributed by atoms with van der Waals surface area (Å²) in [7, 11) is 1.80. The minimum absolute atomic E-state index is 0.0209. The van der Waals surface area contributed by atoms with Crippen LogP contribution in [0.5, 0.6) is 0 Å². The number of carbonyl (C=O) groups excluding carboxylic acids is 1. The summed E-state index contributed by atoms with van der Waals surface area (Å²) in [4.78, 5) is 18.6. The molecule has 3 aromatic rings. The lowest BCUT2D eigenvalue weighted by Crippen LogP contribution is -2.29. The summed E-state index contributed by atoms with van der Waals surface area (Å²) in [5, 5.41) is 4.69. The van der Waals surface area contributed by atoms with E-state index in [2.05, 4.69) is 10.1 Å². The largest absolute Gasteiger partial charge is 0.339 e. The lowest BCUT2D eigenvalue weighted by molar-refractivity contribution is -0.131. The Balaban J connectivity index is 1.58. The van der Waals surface area contributed by atoms with Crippen molar-refractivity contribution in [3.63, 3.8) is 0 Å². The molecule has 0 aliphatic rings. The molecule has 1 amide bonds. The number of carbonyl (C=O) groups is 1. The van der Waals surface area contributed by atoms with Gasteiger partial charge in [-0.15, -0.1) is 0 Å². The Morgan fingerprint density at radius 2 is 1.81 bits per heavy atom. The monoisotopic (exact) mass is 383 g/mol. The van der Waals surface area contributed by atoms with Crippen LogP contribution in [0.15, 0.2) is 53.1 Å². The molecule has 27 heavy (non-hydrogen) atoms. The van der Waals surface area contributed by atoms with Crippen molar-refractivity contribution >= 4 is 17.5 Å². The Morgan fingerprint density at radius 1 is 1.15 bits per heavy atom. The molecule has 1 unspecified atom stereocenters. The number of aromatic nitrogens is 2. The van der Waals surface area contributed by atoms with E-state index < -0.39 is 0 Å². The Kier molecular flexibility index (Phi) is 5.91. The summed E-state index contributed by atoms with van der Waals surface area (Å²) in [5.41, 5.74) is 3.11. The number of amides is 1. The van der Waals surface area contributed by atoms with Gasteiger partial charge in [0.1, 0.15) is 0 Å². The van der Waals surface area contributed by atoms with Crippen LogP contribution in [0.4, 0.5) is 0 Å². The first-order chi connectivity index (χ1) is 12.9. The Hall–Kier alpha value is -2.66. The third kappa shape index (κ3) is 4.74. The molecule has 140 valence electrons. The van der Waals surface area contributed by atoms with Gasteiger partial charge in [-0.05, 0) is 31.5 Å². The van der Waals surface area contributed by atoms with Crippen LogP contribution in [-0.2, 0) is 11.2 Å². The third-order valence-corrected chi connectivity index (χ3v) is 4.91. The molecule has 0 N–H and O–H groups in total. The molecule has 0 aliphatic carbocycles. The van der Waals surface area contributed by atoms with Gasteiger partial charge in [0, 0.05) is 30.5 Å². The van der Waals surface area contributed by atoms with Crippen LogP contribution in [-0.4, -0.2) is 28.0 Å². The second-order valence-electron chi connectivity index (χ2n) is 6.61. The molecule has 3 rings (SSSR count). The summed E-state index contributed by atoms with van der Waals surface area (Å²) in [6.07, 6.45) is 0.722. The number of hydrogen-bond donors (Lipinski definition) is 0. The molecule has 0 spiro atoms. The van der Waals surface area contributed by atoms with Crippen molar-refractivity contribution in [2.24, 2.45) is 0 Å². The molecule has 0 bridgehead atoms. The van der Waals surface area contributed by atoms with Crippen molar-refractivity contribution in [2.45, 2.75) is 32.7 Å². The lowest BCUT2D eigenvalue weighted by atomic mass is 10.1. The molecule has 0 aliphatic heterocycles. The molecule has 0 fully saturated rings. The molecular formula is C21H22ClN3O2. The zero-order valence-electron chi connectivity index (χ0n) is 15.6. The zero-order valence-corrected chi connectivity index (χ0v) is 16.4. The average molecular weight is 384 g/mol.